The fourth-order valence-corrected chi connectivity index (χ4v) is 1.81. The number of carbonyl (C=O) groups is 2. The molecule has 1 aromatic rings. The lowest BCUT2D eigenvalue weighted by molar-refractivity contribution is -0.133. The molecule has 0 aliphatic heterocycles. The first kappa shape index (κ1) is 14.3. The van der Waals surface area contributed by atoms with Gasteiger partial charge in [0.2, 0.25) is 11.9 Å². The van der Waals surface area contributed by atoms with E-state index in [1.807, 2.05) is 6.92 Å². The zero-order chi connectivity index (χ0) is 13.5. The molecule has 0 saturated carbocycles. The Morgan fingerprint density at radius 2 is 2.22 bits per heavy atom. The Morgan fingerprint density at radius 1 is 1.50 bits per heavy atom. The third-order valence-corrected chi connectivity index (χ3v) is 2.90. The van der Waals surface area contributed by atoms with Gasteiger partial charge in [-0.25, -0.2) is 0 Å². The maximum absolute atomic E-state index is 11.5. The Morgan fingerprint density at radius 3 is 2.83 bits per heavy atom. The second-order valence-corrected chi connectivity index (χ2v) is 4.40. The van der Waals surface area contributed by atoms with E-state index in [1.54, 1.807) is 0 Å². The number of carbonyl (C=O) groups excluding carboxylic acids is 1. The summed E-state index contributed by atoms with van der Waals surface area (Å²) in [7, 11) is 0. The molecule has 0 atom stereocenters. The number of aliphatic carboxylic acids is 1. The smallest absolute Gasteiger partial charge is 0.313 e. The van der Waals surface area contributed by atoms with Gasteiger partial charge >= 0.3 is 5.97 Å². The molecule has 0 bridgehead atoms. The average Bonchev–Trinajstić information content (AvgIpc) is 2.66. The summed E-state index contributed by atoms with van der Waals surface area (Å²) in [6, 6.07) is 0. The Hall–Kier alpha value is -1.77. The summed E-state index contributed by atoms with van der Waals surface area (Å²) < 4.78 is 1.39. The van der Waals surface area contributed by atoms with Gasteiger partial charge in [0.25, 0.3) is 0 Å². The van der Waals surface area contributed by atoms with Gasteiger partial charge in [-0.1, -0.05) is 18.7 Å². The highest BCUT2D eigenvalue weighted by Crippen LogP contribution is 2.17. The van der Waals surface area contributed by atoms with E-state index in [4.69, 9.17) is 10.8 Å². The van der Waals surface area contributed by atoms with E-state index in [-0.39, 0.29) is 24.2 Å². The van der Waals surface area contributed by atoms with E-state index < -0.39 is 5.97 Å². The molecule has 100 valence electrons. The predicted octanol–water partition coefficient (Wildman–Crippen LogP) is -0.437. The molecule has 0 fully saturated rings. The highest BCUT2D eigenvalue weighted by molar-refractivity contribution is 7.99. The van der Waals surface area contributed by atoms with Crippen molar-refractivity contribution in [3.63, 3.8) is 0 Å². The van der Waals surface area contributed by atoms with Gasteiger partial charge < -0.3 is 16.2 Å². The van der Waals surface area contributed by atoms with Crippen LogP contribution in [-0.2, 0) is 16.1 Å². The summed E-state index contributed by atoms with van der Waals surface area (Å²) in [6.07, 6.45) is 0.837. The number of carboxylic acid groups (broad SMARTS) is 1. The maximum atomic E-state index is 11.5. The number of anilines is 1. The molecule has 8 nitrogen and oxygen atoms in total. The van der Waals surface area contributed by atoms with Crippen LogP contribution >= 0.6 is 11.8 Å². The number of carboxylic acids is 1. The molecular weight excluding hydrogens is 258 g/mol. The number of amides is 1. The summed E-state index contributed by atoms with van der Waals surface area (Å²) >= 11 is 0.972. The van der Waals surface area contributed by atoms with E-state index in [0.29, 0.717) is 11.7 Å². The zero-order valence-electron chi connectivity index (χ0n) is 9.92. The van der Waals surface area contributed by atoms with Crippen molar-refractivity contribution in [1.82, 2.24) is 20.1 Å². The number of hydrogen-bond donors (Lipinski definition) is 3. The van der Waals surface area contributed by atoms with E-state index in [2.05, 4.69) is 15.5 Å². The molecule has 18 heavy (non-hydrogen) atoms. The minimum Gasteiger partial charge on any atom is -0.481 e. The highest BCUT2D eigenvalue weighted by Gasteiger charge is 2.14. The minimum atomic E-state index is -0.969. The van der Waals surface area contributed by atoms with Crippen LogP contribution in [0.3, 0.4) is 0 Å². The Kier molecular flexibility index (Phi) is 5.43. The van der Waals surface area contributed by atoms with Crippen LogP contribution in [0.4, 0.5) is 5.95 Å². The topological polar surface area (TPSA) is 123 Å². The van der Waals surface area contributed by atoms with Gasteiger partial charge in [0.15, 0.2) is 5.16 Å². The van der Waals surface area contributed by atoms with Crippen LogP contribution in [0.25, 0.3) is 0 Å². The number of aromatic nitrogens is 3. The molecule has 0 unspecified atom stereocenters. The lowest BCUT2D eigenvalue weighted by Gasteiger charge is -2.07. The summed E-state index contributed by atoms with van der Waals surface area (Å²) in [5.74, 6) is -1.24. The van der Waals surface area contributed by atoms with Gasteiger partial charge in [-0.15, -0.1) is 10.2 Å². The number of nitrogens with zero attached hydrogens (tertiary/aromatic N) is 3. The summed E-state index contributed by atoms with van der Waals surface area (Å²) in [4.78, 5) is 22.0. The minimum absolute atomic E-state index is 0.0131. The summed E-state index contributed by atoms with van der Waals surface area (Å²) in [5.41, 5.74) is 5.57. The van der Waals surface area contributed by atoms with Crippen LogP contribution in [0.1, 0.15) is 13.3 Å². The van der Waals surface area contributed by atoms with Crippen LogP contribution in [0, 0.1) is 0 Å². The van der Waals surface area contributed by atoms with E-state index in [1.165, 1.54) is 4.57 Å². The number of thioether (sulfide) groups is 1. The molecule has 9 heteroatoms. The largest absolute Gasteiger partial charge is 0.481 e. The summed E-state index contributed by atoms with van der Waals surface area (Å²) in [5, 5.41) is 18.9. The first-order valence-corrected chi connectivity index (χ1v) is 6.33. The molecule has 1 aromatic heterocycles. The molecule has 0 radical (unpaired) electrons. The van der Waals surface area contributed by atoms with Crippen LogP contribution in [-0.4, -0.2) is 44.0 Å². The predicted molar refractivity (Wildman–Crippen MR) is 66.1 cm³/mol. The van der Waals surface area contributed by atoms with Crippen LogP contribution in [0.5, 0.6) is 0 Å². The van der Waals surface area contributed by atoms with Crippen LogP contribution in [0.2, 0.25) is 0 Å². The molecule has 1 heterocycles. The van der Waals surface area contributed by atoms with Crippen molar-refractivity contribution in [3.05, 3.63) is 0 Å². The second-order valence-electron chi connectivity index (χ2n) is 3.46. The quantitative estimate of drug-likeness (QED) is 0.575. The summed E-state index contributed by atoms with van der Waals surface area (Å²) in [6.45, 7) is 2.51. The van der Waals surface area contributed by atoms with Gasteiger partial charge in [-0.2, -0.15) is 0 Å². The van der Waals surface area contributed by atoms with E-state index >= 15 is 0 Å². The number of nitrogen functional groups attached to an aromatic ring is 1. The van der Waals surface area contributed by atoms with Crippen molar-refractivity contribution in [2.45, 2.75) is 25.0 Å². The monoisotopic (exact) mass is 273 g/mol. The number of nitrogens with one attached hydrogen (secondary N) is 1. The number of nitrogens with two attached hydrogens (primary N) is 1. The SMILES string of the molecule is CCCNC(=O)Cn1c(N)nnc1SCC(=O)O. The molecule has 0 aliphatic carbocycles. The highest BCUT2D eigenvalue weighted by atomic mass is 32.2. The molecule has 0 saturated heterocycles. The molecule has 1 rings (SSSR count). The van der Waals surface area contributed by atoms with Gasteiger partial charge in [-0.05, 0) is 6.42 Å². The fraction of sp³-hybridized carbons (Fsp3) is 0.556. The molecule has 1 amide bonds. The molecule has 0 aromatic carbocycles. The average molecular weight is 273 g/mol. The molecule has 0 spiro atoms. The Bertz CT molecular complexity index is 434. The van der Waals surface area contributed by atoms with E-state index in [9.17, 15) is 9.59 Å². The second kappa shape index (κ2) is 6.84. The van der Waals surface area contributed by atoms with Crippen molar-refractivity contribution in [2.75, 3.05) is 18.0 Å². The standard InChI is InChI=1S/C9H15N5O3S/c1-2-3-11-6(15)4-14-8(10)12-13-9(14)18-5-7(16)17/h2-5H2,1H3,(H2,10,12)(H,11,15)(H,16,17). The Balaban J connectivity index is 2.65. The van der Waals surface area contributed by atoms with Crippen LogP contribution in [0.15, 0.2) is 5.16 Å². The van der Waals surface area contributed by atoms with Crippen molar-refractivity contribution in [3.8, 4) is 0 Å². The van der Waals surface area contributed by atoms with Crippen molar-refractivity contribution >= 4 is 29.6 Å². The normalized spacial score (nSPS) is 10.3. The fourth-order valence-electron chi connectivity index (χ4n) is 1.15. The third kappa shape index (κ3) is 4.24. The van der Waals surface area contributed by atoms with Gasteiger partial charge in [-0.3, -0.25) is 14.2 Å². The Labute approximate surface area is 108 Å². The lowest BCUT2D eigenvalue weighted by Crippen LogP contribution is -2.28. The third-order valence-electron chi connectivity index (χ3n) is 1.94. The van der Waals surface area contributed by atoms with Gasteiger partial charge in [0.05, 0.1) is 5.75 Å². The maximum Gasteiger partial charge on any atom is 0.313 e. The number of rotatable bonds is 7. The van der Waals surface area contributed by atoms with E-state index in [0.717, 1.165) is 18.2 Å². The molecule has 0 aliphatic rings. The zero-order valence-corrected chi connectivity index (χ0v) is 10.7. The first-order valence-electron chi connectivity index (χ1n) is 5.34. The molecular formula is C9H15N5O3S. The molecule has 4 N–H and O–H groups in total. The number of hydrogen-bond acceptors (Lipinski definition) is 6. The van der Waals surface area contributed by atoms with Gasteiger partial charge in [0.1, 0.15) is 6.54 Å². The van der Waals surface area contributed by atoms with Crippen molar-refractivity contribution in [1.29, 1.82) is 0 Å². The van der Waals surface area contributed by atoms with Gasteiger partial charge in [0, 0.05) is 6.54 Å². The van der Waals surface area contributed by atoms with Crippen LogP contribution < -0.4 is 11.1 Å². The first-order chi connectivity index (χ1) is 8.54. The van der Waals surface area contributed by atoms with Crippen molar-refractivity contribution < 1.29 is 14.7 Å². The lowest BCUT2D eigenvalue weighted by atomic mass is 10.4. The van der Waals surface area contributed by atoms with Crippen molar-refractivity contribution in [2.24, 2.45) is 0 Å².